The predicted octanol–water partition coefficient (Wildman–Crippen LogP) is 4.89. The largest absolute Gasteiger partial charge is 0.383 e. The van der Waals surface area contributed by atoms with Gasteiger partial charge in [0.15, 0.2) is 0 Å². The van der Waals surface area contributed by atoms with Crippen molar-refractivity contribution in [1.29, 1.82) is 0 Å². The van der Waals surface area contributed by atoms with Gasteiger partial charge < -0.3 is 10.3 Å². The molecule has 3 heterocycles. The minimum absolute atomic E-state index is 0.678. The number of hydrogen-bond acceptors (Lipinski definition) is 2. The molecule has 0 saturated heterocycles. The maximum atomic E-state index is 6.45. The van der Waals surface area contributed by atoms with Crippen molar-refractivity contribution in [3.05, 3.63) is 90.3 Å². The van der Waals surface area contributed by atoms with Crippen molar-refractivity contribution < 1.29 is 0 Å². The zero-order valence-corrected chi connectivity index (χ0v) is 15.1. The molecule has 3 aromatic heterocycles. The lowest BCUT2D eigenvalue weighted by Gasteiger charge is -2.06. The number of aromatic nitrogens is 3. The number of nitrogens with two attached hydrogens (primary N) is 1. The van der Waals surface area contributed by atoms with Crippen LogP contribution in [0.25, 0.3) is 27.8 Å². The first kappa shape index (κ1) is 15.7. The van der Waals surface area contributed by atoms with Gasteiger partial charge in [-0.15, -0.1) is 0 Å². The zero-order chi connectivity index (χ0) is 18.4. The molecule has 0 unspecified atom stereocenters. The summed E-state index contributed by atoms with van der Waals surface area (Å²) >= 11 is 0. The third-order valence-corrected chi connectivity index (χ3v) is 5.17. The molecule has 2 N–H and O–H groups in total. The molecule has 0 amide bonds. The van der Waals surface area contributed by atoms with E-state index in [2.05, 4.69) is 66.2 Å². The summed E-state index contributed by atoms with van der Waals surface area (Å²) in [7, 11) is 0. The minimum atomic E-state index is 0.678. The number of anilines is 1. The van der Waals surface area contributed by atoms with Gasteiger partial charge in [-0.3, -0.25) is 4.40 Å². The number of aryl methyl sites for hydroxylation is 1. The van der Waals surface area contributed by atoms with Gasteiger partial charge in [0, 0.05) is 29.9 Å². The third kappa shape index (κ3) is 2.49. The molecule has 2 aromatic carbocycles. The molecule has 4 nitrogen and oxygen atoms in total. The van der Waals surface area contributed by atoms with Crippen molar-refractivity contribution in [3.63, 3.8) is 0 Å². The van der Waals surface area contributed by atoms with E-state index < -0.39 is 0 Å². The lowest BCUT2D eigenvalue weighted by atomic mass is 10.1. The Balaban J connectivity index is 1.68. The molecule has 27 heavy (non-hydrogen) atoms. The highest BCUT2D eigenvalue weighted by atomic mass is 15.1. The van der Waals surface area contributed by atoms with Crippen molar-refractivity contribution >= 4 is 22.4 Å². The fourth-order valence-electron chi connectivity index (χ4n) is 3.75. The van der Waals surface area contributed by atoms with Crippen LogP contribution >= 0.6 is 0 Å². The van der Waals surface area contributed by atoms with Crippen molar-refractivity contribution in [2.45, 2.75) is 13.5 Å². The molecule has 0 aliphatic carbocycles. The summed E-state index contributed by atoms with van der Waals surface area (Å²) in [5, 5.41) is 1.11. The van der Waals surface area contributed by atoms with Gasteiger partial charge in [-0.25, -0.2) is 4.98 Å². The molecular formula is C23H20N4. The Hall–Kier alpha value is -3.53. The molecule has 0 atom stereocenters. The minimum Gasteiger partial charge on any atom is -0.383 e. The molecule has 0 saturated carbocycles. The van der Waals surface area contributed by atoms with E-state index in [-0.39, 0.29) is 0 Å². The summed E-state index contributed by atoms with van der Waals surface area (Å²) in [4.78, 5) is 4.92. The van der Waals surface area contributed by atoms with Crippen LogP contribution < -0.4 is 5.73 Å². The first-order chi connectivity index (χ1) is 13.2. The van der Waals surface area contributed by atoms with Crippen LogP contribution in [0.3, 0.4) is 0 Å². The normalized spacial score (nSPS) is 11.4. The first-order valence-corrected chi connectivity index (χ1v) is 9.07. The second-order valence-electron chi connectivity index (χ2n) is 6.90. The second kappa shape index (κ2) is 6.02. The maximum absolute atomic E-state index is 6.45. The van der Waals surface area contributed by atoms with E-state index in [1.165, 1.54) is 11.1 Å². The van der Waals surface area contributed by atoms with E-state index in [0.29, 0.717) is 5.82 Å². The standard InChI is InChI=1S/C23H20N4/c1-16-7-5-6-10-18(16)21-22(24)27-14-12-20-19(23(27)25-21)11-13-26(20)15-17-8-3-2-4-9-17/h2-14H,15,24H2,1H3. The Labute approximate surface area is 157 Å². The van der Waals surface area contributed by atoms with Crippen LogP contribution in [0.4, 0.5) is 5.82 Å². The highest BCUT2D eigenvalue weighted by molar-refractivity contribution is 5.95. The number of fused-ring (bicyclic) bond motifs is 3. The van der Waals surface area contributed by atoms with Crippen LogP contribution in [-0.4, -0.2) is 14.0 Å². The van der Waals surface area contributed by atoms with E-state index in [1.54, 1.807) is 0 Å². The molecule has 5 rings (SSSR count). The van der Waals surface area contributed by atoms with Gasteiger partial charge in [-0.2, -0.15) is 0 Å². The molecule has 0 aliphatic rings. The third-order valence-electron chi connectivity index (χ3n) is 5.17. The Morgan fingerprint density at radius 1 is 0.889 bits per heavy atom. The van der Waals surface area contributed by atoms with E-state index in [1.807, 2.05) is 28.8 Å². The van der Waals surface area contributed by atoms with Crippen LogP contribution in [0.15, 0.2) is 79.1 Å². The quantitative estimate of drug-likeness (QED) is 0.502. The van der Waals surface area contributed by atoms with E-state index in [0.717, 1.165) is 34.4 Å². The van der Waals surface area contributed by atoms with Crippen LogP contribution in [0, 0.1) is 6.92 Å². The first-order valence-electron chi connectivity index (χ1n) is 9.07. The predicted molar refractivity (Wildman–Crippen MR) is 111 cm³/mol. The van der Waals surface area contributed by atoms with Crippen LogP contribution in [0.2, 0.25) is 0 Å². The van der Waals surface area contributed by atoms with Crippen LogP contribution in [0.5, 0.6) is 0 Å². The average Bonchev–Trinajstić information content (AvgIpc) is 3.25. The summed E-state index contributed by atoms with van der Waals surface area (Å²) in [5.74, 6) is 0.678. The lowest BCUT2D eigenvalue weighted by molar-refractivity contribution is 0.836. The number of hydrogen-bond donors (Lipinski definition) is 1. The smallest absolute Gasteiger partial charge is 0.148 e. The van der Waals surface area contributed by atoms with Crippen molar-refractivity contribution in [1.82, 2.24) is 14.0 Å². The average molecular weight is 352 g/mol. The van der Waals surface area contributed by atoms with Gasteiger partial charge in [0.1, 0.15) is 17.2 Å². The summed E-state index contributed by atoms with van der Waals surface area (Å²) in [5.41, 5.74) is 12.9. The topological polar surface area (TPSA) is 48.2 Å². The van der Waals surface area contributed by atoms with Crippen molar-refractivity contribution in [2.75, 3.05) is 5.73 Å². The number of pyridine rings is 1. The van der Waals surface area contributed by atoms with E-state index in [4.69, 9.17) is 10.7 Å². The summed E-state index contributed by atoms with van der Waals surface area (Å²) in [6, 6.07) is 22.9. The molecule has 0 bridgehead atoms. The number of imidazole rings is 1. The SMILES string of the molecule is Cc1ccccc1-c1nc2c3ccn(Cc4ccccc4)c3ccn2c1N. The molecule has 0 radical (unpaired) electrons. The number of benzene rings is 2. The van der Waals surface area contributed by atoms with E-state index in [9.17, 15) is 0 Å². The highest BCUT2D eigenvalue weighted by Gasteiger charge is 2.16. The van der Waals surface area contributed by atoms with Crippen LogP contribution in [-0.2, 0) is 6.54 Å². The summed E-state index contributed by atoms with van der Waals surface area (Å²) < 4.78 is 4.24. The van der Waals surface area contributed by atoms with Gasteiger partial charge in [-0.1, -0.05) is 54.6 Å². The monoisotopic (exact) mass is 352 g/mol. The Morgan fingerprint density at radius 3 is 2.48 bits per heavy atom. The van der Waals surface area contributed by atoms with Crippen molar-refractivity contribution in [2.24, 2.45) is 0 Å². The Bertz CT molecular complexity index is 1260. The van der Waals surface area contributed by atoms with Gasteiger partial charge in [0.2, 0.25) is 0 Å². The molecular weight excluding hydrogens is 332 g/mol. The summed E-state index contributed by atoms with van der Waals surface area (Å²) in [6.07, 6.45) is 4.14. The summed E-state index contributed by atoms with van der Waals surface area (Å²) in [6.45, 7) is 2.92. The number of nitrogens with zero attached hydrogens (tertiary/aromatic N) is 3. The van der Waals surface area contributed by atoms with E-state index >= 15 is 0 Å². The Morgan fingerprint density at radius 2 is 1.67 bits per heavy atom. The molecule has 4 heteroatoms. The molecule has 0 spiro atoms. The van der Waals surface area contributed by atoms with Gasteiger partial charge in [0.25, 0.3) is 0 Å². The molecule has 0 fully saturated rings. The molecule has 132 valence electrons. The molecule has 5 aromatic rings. The van der Waals surface area contributed by atoms with Crippen LogP contribution in [0.1, 0.15) is 11.1 Å². The van der Waals surface area contributed by atoms with Gasteiger partial charge in [-0.05, 0) is 30.2 Å². The van der Waals surface area contributed by atoms with Gasteiger partial charge in [0.05, 0.1) is 5.52 Å². The zero-order valence-electron chi connectivity index (χ0n) is 15.1. The fraction of sp³-hybridized carbons (Fsp3) is 0.0870. The number of nitrogen functional groups attached to an aromatic ring is 1. The Kier molecular flexibility index (Phi) is 3.50. The maximum Gasteiger partial charge on any atom is 0.148 e. The number of rotatable bonds is 3. The second-order valence-corrected chi connectivity index (χ2v) is 6.90. The molecule has 0 aliphatic heterocycles. The lowest BCUT2D eigenvalue weighted by Crippen LogP contribution is -1.98. The van der Waals surface area contributed by atoms with Crippen molar-refractivity contribution in [3.8, 4) is 11.3 Å². The highest BCUT2D eigenvalue weighted by Crippen LogP contribution is 2.32. The fourth-order valence-corrected chi connectivity index (χ4v) is 3.75. The van der Waals surface area contributed by atoms with Gasteiger partial charge >= 0.3 is 0 Å².